The van der Waals surface area contributed by atoms with Crippen LogP contribution in [0.15, 0.2) is 0 Å². The highest BCUT2D eigenvalue weighted by Gasteiger charge is 2.20. The number of carbonyl (C=O) groups is 2. The van der Waals surface area contributed by atoms with E-state index in [0.717, 1.165) is 19.6 Å². The zero-order valence-electron chi connectivity index (χ0n) is 13.1. The third-order valence-electron chi connectivity index (χ3n) is 3.53. The van der Waals surface area contributed by atoms with Crippen molar-refractivity contribution in [2.75, 3.05) is 26.2 Å². The van der Waals surface area contributed by atoms with E-state index in [4.69, 9.17) is 0 Å². The van der Waals surface area contributed by atoms with Crippen LogP contribution in [-0.4, -0.2) is 38.0 Å². The van der Waals surface area contributed by atoms with Crippen molar-refractivity contribution >= 4 is 11.8 Å². The number of amides is 2. The van der Waals surface area contributed by atoms with Gasteiger partial charge in [0, 0.05) is 24.9 Å². The molecule has 1 aliphatic rings. The predicted molar refractivity (Wildman–Crippen MR) is 80.3 cm³/mol. The molecule has 0 spiro atoms. The molecule has 0 aromatic rings. The second kappa shape index (κ2) is 8.25. The summed E-state index contributed by atoms with van der Waals surface area (Å²) in [6, 6.07) is 0. The Morgan fingerprint density at radius 2 is 2.00 bits per heavy atom. The Morgan fingerprint density at radius 3 is 2.60 bits per heavy atom. The highest BCUT2D eigenvalue weighted by Crippen LogP contribution is 2.12. The lowest BCUT2D eigenvalue weighted by Gasteiger charge is -2.22. The zero-order chi connectivity index (χ0) is 15.0. The molecule has 5 heteroatoms. The van der Waals surface area contributed by atoms with Crippen LogP contribution < -0.4 is 16.0 Å². The molecule has 1 saturated heterocycles. The molecule has 1 aliphatic heterocycles. The minimum absolute atomic E-state index is 0.0335. The van der Waals surface area contributed by atoms with Gasteiger partial charge in [-0.05, 0) is 38.3 Å². The molecule has 1 atom stereocenters. The summed E-state index contributed by atoms with van der Waals surface area (Å²) in [4.78, 5) is 23.3. The lowest BCUT2D eigenvalue weighted by molar-refractivity contribution is -0.128. The molecule has 116 valence electrons. The van der Waals surface area contributed by atoms with Gasteiger partial charge in [-0.3, -0.25) is 9.59 Å². The van der Waals surface area contributed by atoms with E-state index in [9.17, 15) is 9.59 Å². The van der Waals surface area contributed by atoms with Crippen LogP contribution in [0.2, 0.25) is 0 Å². The molecule has 0 saturated carbocycles. The first kappa shape index (κ1) is 17.0. The van der Waals surface area contributed by atoms with Gasteiger partial charge in [-0.15, -0.1) is 0 Å². The molecule has 1 fully saturated rings. The molecule has 1 rings (SSSR count). The summed E-state index contributed by atoms with van der Waals surface area (Å²) >= 11 is 0. The van der Waals surface area contributed by atoms with E-state index in [1.807, 2.05) is 20.8 Å². The van der Waals surface area contributed by atoms with Crippen molar-refractivity contribution in [1.29, 1.82) is 0 Å². The van der Waals surface area contributed by atoms with Gasteiger partial charge < -0.3 is 16.0 Å². The van der Waals surface area contributed by atoms with Crippen molar-refractivity contribution in [3.05, 3.63) is 0 Å². The lowest BCUT2D eigenvalue weighted by atomic mass is 9.96. The van der Waals surface area contributed by atoms with Crippen molar-refractivity contribution in [1.82, 2.24) is 16.0 Å². The van der Waals surface area contributed by atoms with Crippen molar-refractivity contribution in [3.8, 4) is 0 Å². The second-order valence-corrected chi connectivity index (χ2v) is 6.63. The summed E-state index contributed by atoms with van der Waals surface area (Å²) < 4.78 is 0. The standard InChI is InChI=1S/C15H29N3O2/c1-15(2,3)14(20)17-9-5-7-13(19)18-11-12-6-4-8-16-10-12/h12,16H,4-11H2,1-3H3,(H,17,20)(H,18,19). The highest BCUT2D eigenvalue weighted by atomic mass is 16.2. The van der Waals surface area contributed by atoms with Crippen molar-refractivity contribution < 1.29 is 9.59 Å². The van der Waals surface area contributed by atoms with Crippen LogP contribution >= 0.6 is 0 Å². The maximum atomic E-state index is 11.7. The van der Waals surface area contributed by atoms with Crippen LogP contribution in [0.25, 0.3) is 0 Å². The number of hydrogen-bond acceptors (Lipinski definition) is 3. The molecule has 0 aromatic heterocycles. The number of nitrogens with one attached hydrogen (secondary N) is 3. The van der Waals surface area contributed by atoms with E-state index in [1.54, 1.807) is 0 Å². The first-order chi connectivity index (χ1) is 9.39. The molecule has 1 unspecified atom stereocenters. The van der Waals surface area contributed by atoms with E-state index in [-0.39, 0.29) is 17.2 Å². The zero-order valence-corrected chi connectivity index (χ0v) is 13.1. The monoisotopic (exact) mass is 283 g/mol. The first-order valence-corrected chi connectivity index (χ1v) is 7.65. The van der Waals surface area contributed by atoms with E-state index in [0.29, 0.717) is 25.3 Å². The van der Waals surface area contributed by atoms with E-state index < -0.39 is 0 Å². The van der Waals surface area contributed by atoms with Crippen LogP contribution in [0.3, 0.4) is 0 Å². The SMILES string of the molecule is CC(C)(C)C(=O)NCCCC(=O)NCC1CCCNC1. The third-order valence-corrected chi connectivity index (χ3v) is 3.53. The van der Waals surface area contributed by atoms with E-state index in [1.165, 1.54) is 12.8 Å². The number of piperidine rings is 1. The minimum atomic E-state index is -0.365. The maximum absolute atomic E-state index is 11.7. The van der Waals surface area contributed by atoms with Crippen molar-refractivity contribution in [2.45, 2.75) is 46.5 Å². The summed E-state index contributed by atoms with van der Waals surface area (Å²) in [7, 11) is 0. The molecule has 0 radical (unpaired) electrons. The second-order valence-electron chi connectivity index (χ2n) is 6.63. The molecule has 0 aromatic carbocycles. The van der Waals surface area contributed by atoms with Gasteiger partial charge in [0.2, 0.25) is 11.8 Å². The van der Waals surface area contributed by atoms with Crippen LogP contribution in [0.4, 0.5) is 0 Å². The summed E-state index contributed by atoms with van der Waals surface area (Å²) in [5, 5.41) is 9.17. The first-order valence-electron chi connectivity index (χ1n) is 7.65. The molecule has 3 N–H and O–H groups in total. The Labute approximate surface area is 122 Å². The van der Waals surface area contributed by atoms with Gasteiger partial charge in [0.1, 0.15) is 0 Å². The molecule has 20 heavy (non-hydrogen) atoms. The van der Waals surface area contributed by atoms with Gasteiger partial charge in [0.05, 0.1) is 0 Å². The van der Waals surface area contributed by atoms with Gasteiger partial charge in [0.25, 0.3) is 0 Å². The Bertz CT molecular complexity index is 318. The van der Waals surface area contributed by atoms with Gasteiger partial charge in [-0.25, -0.2) is 0 Å². The van der Waals surface area contributed by atoms with E-state index in [2.05, 4.69) is 16.0 Å². The van der Waals surface area contributed by atoms with Crippen molar-refractivity contribution in [2.24, 2.45) is 11.3 Å². The lowest BCUT2D eigenvalue weighted by Crippen LogP contribution is -2.38. The molecule has 5 nitrogen and oxygen atoms in total. The average molecular weight is 283 g/mol. The Morgan fingerprint density at radius 1 is 1.25 bits per heavy atom. The summed E-state index contributed by atoms with van der Waals surface area (Å²) in [5.74, 6) is 0.681. The summed E-state index contributed by atoms with van der Waals surface area (Å²) in [6.07, 6.45) is 3.55. The number of rotatable bonds is 6. The molecule has 0 aliphatic carbocycles. The fourth-order valence-corrected chi connectivity index (χ4v) is 2.16. The maximum Gasteiger partial charge on any atom is 0.225 e. The fraction of sp³-hybridized carbons (Fsp3) is 0.867. The minimum Gasteiger partial charge on any atom is -0.356 e. The van der Waals surface area contributed by atoms with E-state index >= 15 is 0 Å². The predicted octanol–water partition coefficient (Wildman–Crippen LogP) is 1.04. The Kier molecular flexibility index (Phi) is 6.99. The highest BCUT2D eigenvalue weighted by molar-refractivity contribution is 5.81. The quantitative estimate of drug-likeness (QED) is 0.638. The average Bonchev–Trinajstić information content (AvgIpc) is 2.41. The largest absolute Gasteiger partial charge is 0.356 e. The summed E-state index contributed by atoms with van der Waals surface area (Å²) in [6.45, 7) is 9.07. The van der Waals surface area contributed by atoms with Gasteiger partial charge in [-0.1, -0.05) is 20.8 Å². The normalized spacial score (nSPS) is 19.4. The van der Waals surface area contributed by atoms with Gasteiger partial charge >= 0.3 is 0 Å². The van der Waals surface area contributed by atoms with Crippen LogP contribution in [0.1, 0.15) is 46.5 Å². The van der Waals surface area contributed by atoms with Crippen LogP contribution in [0.5, 0.6) is 0 Å². The van der Waals surface area contributed by atoms with Crippen molar-refractivity contribution in [3.63, 3.8) is 0 Å². The number of hydrogen-bond donors (Lipinski definition) is 3. The van der Waals surface area contributed by atoms with Gasteiger partial charge in [-0.2, -0.15) is 0 Å². The Hall–Kier alpha value is -1.10. The smallest absolute Gasteiger partial charge is 0.225 e. The molecular formula is C15H29N3O2. The van der Waals surface area contributed by atoms with Crippen LogP contribution in [0, 0.1) is 11.3 Å². The Balaban J connectivity index is 2.04. The third kappa shape index (κ3) is 6.89. The molecular weight excluding hydrogens is 254 g/mol. The van der Waals surface area contributed by atoms with Crippen LogP contribution in [-0.2, 0) is 9.59 Å². The van der Waals surface area contributed by atoms with Gasteiger partial charge in [0.15, 0.2) is 0 Å². The molecule has 0 bridgehead atoms. The summed E-state index contributed by atoms with van der Waals surface area (Å²) in [5.41, 5.74) is -0.365. The molecule has 1 heterocycles. The topological polar surface area (TPSA) is 70.2 Å². The molecule has 2 amide bonds. The fourth-order valence-electron chi connectivity index (χ4n) is 2.16. The number of carbonyl (C=O) groups excluding carboxylic acids is 2.